The van der Waals surface area contributed by atoms with Crippen LogP contribution in [-0.4, -0.2) is 39.3 Å². The summed E-state index contributed by atoms with van der Waals surface area (Å²) in [7, 11) is 0. The summed E-state index contributed by atoms with van der Waals surface area (Å²) in [6.07, 6.45) is 2.08. The van der Waals surface area contributed by atoms with E-state index in [1.165, 1.54) is 0 Å². The molecule has 1 amide bonds. The van der Waals surface area contributed by atoms with Crippen molar-refractivity contribution in [1.82, 2.24) is 15.5 Å². The van der Waals surface area contributed by atoms with Crippen molar-refractivity contribution >= 4 is 17.7 Å². The second-order valence-electron chi connectivity index (χ2n) is 3.47. The number of aliphatic hydroxyl groups is 1. The Morgan fingerprint density at radius 2 is 2.41 bits per heavy atom. The van der Waals surface area contributed by atoms with Gasteiger partial charge in [0.15, 0.2) is 5.82 Å². The minimum atomic E-state index is -0.976. The summed E-state index contributed by atoms with van der Waals surface area (Å²) in [5, 5.41) is 15.7. The first kappa shape index (κ1) is 14.0. The molecule has 2 N–H and O–H groups in total. The second-order valence-corrected chi connectivity index (χ2v) is 4.46. The number of thioether (sulfide) groups is 1. The zero-order valence-electron chi connectivity index (χ0n) is 9.97. The van der Waals surface area contributed by atoms with Gasteiger partial charge in [-0.25, -0.2) is 0 Å². The van der Waals surface area contributed by atoms with E-state index in [0.29, 0.717) is 24.6 Å². The van der Waals surface area contributed by atoms with E-state index in [1.54, 1.807) is 11.8 Å². The Kier molecular flexibility index (Phi) is 5.99. The van der Waals surface area contributed by atoms with E-state index in [0.717, 1.165) is 5.75 Å². The second kappa shape index (κ2) is 7.29. The number of amides is 1. The van der Waals surface area contributed by atoms with Gasteiger partial charge in [0.1, 0.15) is 6.10 Å². The molecular formula is C10H17N3O3S. The van der Waals surface area contributed by atoms with Crippen LogP contribution in [0.15, 0.2) is 4.52 Å². The van der Waals surface area contributed by atoms with E-state index in [2.05, 4.69) is 15.5 Å². The predicted molar refractivity (Wildman–Crippen MR) is 64.5 cm³/mol. The van der Waals surface area contributed by atoms with Crippen LogP contribution < -0.4 is 5.32 Å². The van der Waals surface area contributed by atoms with Gasteiger partial charge in [0.2, 0.25) is 11.8 Å². The lowest BCUT2D eigenvalue weighted by atomic mass is 10.2. The number of aromatic nitrogens is 2. The third kappa shape index (κ3) is 4.74. The molecule has 0 radical (unpaired) electrons. The van der Waals surface area contributed by atoms with Crippen molar-refractivity contribution in [3.8, 4) is 0 Å². The number of aliphatic hydroxyl groups excluding tert-OH is 1. The van der Waals surface area contributed by atoms with Crippen molar-refractivity contribution in [3.05, 3.63) is 11.7 Å². The van der Waals surface area contributed by atoms with Crippen molar-refractivity contribution < 1.29 is 14.4 Å². The molecule has 17 heavy (non-hydrogen) atoms. The first-order valence-corrected chi connectivity index (χ1v) is 6.83. The topological polar surface area (TPSA) is 88.2 Å². The molecule has 0 aliphatic rings. The maximum Gasteiger partial charge on any atom is 0.249 e. The molecule has 0 saturated carbocycles. The Morgan fingerprint density at radius 1 is 1.65 bits per heavy atom. The largest absolute Gasteiger partial charge is 0.383 e. The highest BCUT2D eigenvalue weighted by Crippen LogP contribution is 2.01. The van der Waals surface area contributed by atoms with Crippen LogP contribution in [-0.2, 0) is 17.8 Å². The lowest BCUT2D eigenvalue weighted by Crippen LogP contribution is -2.34. The predicted octanol–water partition coefficient (Wildman–Crippen LogP) is 0.362. The minimum absolute atomic E-state index is 0.155. The summed E-state index contributed by atoms with van der Waals surface area (Å²) < 4.78 is 4.91. The van der Waals surface area contributed by atoms with Crippen molar-refractivity contribution in [2.75, 3.05) is 12.0 Å². The van der Waals surface area contributed by atoms with E-state index in [-0.39, 0.29) is 6.54 Å². The fourth-order valence-corrected chi connectivity index (χ4v) is 1.61. The van der Waals surface area contributed by atoms with Gasteiger partial charge in [0.05, 0.1) is 6.54 Å². The van der Waals surface area contributed by atoms with Gasteiger partial charge < -0.3 is 14.9 Å². The van der Waals surface area contributed by atoms with Crippen LogP contribution in [0.2, 0.25) is 0 Å². The van der Waals surface area contributed by atoms with Crippen molar-refractivity contribution in [1.29, 1.82) is 0 Å². The SMILES string of the molecule is CCc1noc(CNC(=O)[C@@H](O)CCSC)n1. The van der Waals surface area contributed by atoms with E-state index in [9.17, 15) is 9.90 Å². The summed E-state index contributed by atoms with van der Waals surface area (Å²) in [5.74, 6) is 1.30. The van der Waals surface area contributed by atoms with Crippen LogP contribution in [0.5, 0.6) is 0 Å². The van der Waals surface area contributed by atoms with Crippen LogP contribution in [0.3, 0.4) is 0 Å². The average Bonchev–Trinajstić information content (AvgIpc) is 2.80. The highest BCUT2D eigenvalue weighted by Gasteiger charge is 2.15. The van der Waals surface area contributed by atoms with E-state index < -0.39 is 12.0 Å². The Bertz CT molecular complexity index is 356. The molecule has 0 aromatic carbocycles. The van der Waals surface area contributed by atoms with E-state index >= 15 is 0 Å². The van der Waals surface area contributed by atoms with Crippen molar-refractivity contribution in [2.45, 2.75) is 32.4 Å². The Morgan fingerprint density at radius 3 is 3.00 bits per heavy atom. The molecule has 1 atom stereocenters. The molecule has 0 fully saturated rings. The van der Waals surface area contributed by atoms with Gasteiger partial charge in [-0.3, -0.25) is 4.79 Å². The summed E-state index contributed by atoms with van der Waals surface area (Å²) >= 11 is 1.59. The maximum atomic E-state index is 11.4. The lowest BCUT2D eigenvalue weighted by molar-refractivity contribution is -0.129. The molecule has 0 unspecified atom stereocenters. The number of carbonyl (C=O) groups excluding carboxylic acids is 1. The lowest BCUT2D eigenvalue weighted by Gasteiger charge is -2.08. The van der Waals surface area contributed by atoms with Crippen LogP contribution in [0.1, 0.15) is 25.1 Å². The Hall–Kier alpha value is -1.08. The van der Waals surface area contributed by atoms with Gasteiger partial charge in [0, 0.05) is 6.42 Å². The highest BCUT2D eigenvalue weighted by atomic mass is 32.2. The molecule has 7 heteroatoms. The van der Waals surface area contributed by atoms with E-state index in [1.807, 2.05) is 13.2 Å². The molecule has 1 heterocycles. The number of aryl methyl sites for hydroxylation is 1. The maximum absolute atomic E-state index is 11.4. The summed E-state index contributed by atoms with van der Waals surface area (Å²) in [5.41, 5.74) is 0. The molecule has 1 aromatic heterocycles. The molecule has 0 spiro atoms. The van der Waals surface area contributed by atoms with Gasteiger partial charge >= 0.3 is 0 Å². The number of nitrogens with one attached hydrogen (secondary N) is 1. The summed E-state index contributed by atoms with van der Waals surface area (Å²) in [6, 6.07) is 0. The van der Waals surface area contributed by atoms with Crippen LogP contribution >= 0.6 is 11.8 Å². The fourth-order valence-electron chi connectivity index (χ4n) is 1.15. The standard InChI is InChI=1S/C10H17N3O3S/c1-3-8-12-9(16-13-8)6-11-10(15)7(14)4-5-17-2/h7,14H,3-6H2,1-2H3,(H,11,15)/t7-/m0/s1. The van der Waals surface area contributed by atoms with Gasteiger partial charge in [0.25, 0.3) is 0 Å². The average molecular weight is 259 g/mol. The number of rotatable bonds is 7. The highest BCUT2D eigenvalue weighted by molar-refractivity contribution is 7.98. The summed E-state index contributed by atoms with van der Waals surface area (Å²) in [4.78, 5) is 15.5. The number of nitrogens with zero attached hydrogens (tertiary/aromatic N) is 2. The Balaban J connectivity index is 2.32. The van der Waals surface area contributed by atoms with E-state index in [4.69, 9.17) is 4.52 Å². The smallest absolute Gasteiger partial charge is 0.249 e. The monoisotopic (exact) mass is 259 g/mol. The molecule has 0 saturated heterocycles. The number of hydrogen-bond acceptors (Lipinski definition) is 6. The first-order chi connectivity index (χ1) is 8.17. The molecule has 1 aromatic rings. The molecule has 0 aliphatic heterocycles. The van der Waals surface area contributed by atoms with Crippen LogP contribution in [0.4, 0.5) is 0 Å². The molecule has 0 bridgehead atoms. The Labute approximate surface area is 104 Å². The quantitative estimate of drug-likeness (QED) is 0.735. The first-order valence-electron chi connectivity index (χ1n) is 5.43. The van der Waals surface area contributed by atoms with Crippen LogP contribution in [0.25, 0.3) is 0 Å². The third-order valence-electron chi connectivity index (χ3n) is 2.14. The molecule has 6 nitrogen and oxygen atoms in total. The zero-order valence-corrected chi connectivity index (χ0v) is 10.8. The minimum Gasteiger partial charge on any atom is -0.383 e. The molecule has 0 aliphatic carbocycles. The van der Waals surface area contributed by atoms with Gasteiger partial charge in [-0.1, -0.05) is 12.1 Å². The normalized spacial score (nSPS) is 12.4. The fraction of sp³-hybridized carbons (Fsp3) is 0.700. The summed E-state index contributed by atoms with van der Waals surface area (Å²) in [6.45, 7) is 2.07. The zero-order chi connectivity index (χ0) is 12.7. The van der Waals surface area contributed by atoms with Gasteiger partial charge in [-0.15, -0.1) is 0 Å². The third-order valence-corrected chi connectivity index (χ3v) is 2.78. The van der Waals surface area contributed by atoms with Crippen molar-refractivity contribution in [3.63, 3.8) is 0 Å². The van der Waals surface area contributed by atoms with Crippen molar-refractivity contribution in [2.24, 2.45) is 0 Å². The van der Waals surface area contributed by atoms with Gasteiger partial charge in [-0.2, -0.15) is 16.7 Å². The van der Waals surface area contributed by atoms with Gasteiger partial charge in [-0.05, 0) is 18.4 Å². The number of carbonyl (C=O) groups is 1. The molecular weight excluding hydrogens is 242 g/mol. The van der Waals surface area contributed by atoms with Crippen LogP contribution in [0, 0.1) is 0 Å². The molecule has 96 valence electrons. The molecule has 1 rings (SSSR count). The number of hydrogen-bond donors (Lipinski definition) is 2.